The summed E-state index contributed by atoms with van der Waals surface area (Å²) in [5.41, 5.74) is 4.20. The topological polar surface area (TPSA) is 50.3 Å². The number of Topliss-reactive ketones (excluding diaryl/α,β-unsaturated/α-hetero) is 1. The molecule has 0 aliphatic carbocycles. The number of carbonyl (C=O) groups is 2. The Morgan fingerprint density at radius 3 is 2.57 bits per heavy atom. The molecule has 0 saturated heterocycles. The molecule has 4 nitrogen and oxygen atoms in total. The van der Waals surface area contributed by atoms with Crippen molar-refractivity contribution in [3.8, 4) is 0 Å². The highest BCUT2D eigenvalue weighted by Crippen LogP contribution is 2.34. The van der Waals surface area contributed by atoms with E-state index in [9.17, 15) is 9.59 Å². The van der Waals surface area contributed by atoms with Crippen LogP contribution in [0.4, 0.5) is 5.69 Å². The van der Waals surface area contributed by atoms with Gasteiger partial charge in [-0.3, -0.25) is 14.6 Å². The molecule has 0 bridgehead atoms. The lowest BCUT2D eigenvalue weighted by atomic mass is 10.0. The van der Waals surface area contributed by atoms with Crippen molar-refractivity contribution in [2.45, 2.75) is 20.3 Å². The van der Waals surface area contributed by atoms with Gasteiger partial charge in [0.2, 0.25) is 0 Å². The van der Waals surface area contributed by atoms with Gasteiger partial charge >= 0.3 is 0 Å². The number of ketones is 1. The monoisotopic (exact) mass is 280 g/mol. The Bertz CT molecular complexity index is 723. The highest BCUT2D eigenvalue weighted by molar-refractivity contribution is 6.52. The molecule has 0 atom stereocenters. The van der Waals surface area contributed by atoms with Gasteiger partial charge in [0.15, 0.2) is 0 Å². The van der Waals surface area contributed by atoms with Crippen LogP contribution in [0.2, 0.25) is 0 Å². The van der Waals surface area contributed by atoms with Gasteiger partial charge in [-0.2, -0.15) is 0 Å². The lowest BCUT2D eigenvalue weighted by molar-refractivity contribution is -0.114. The normalized spacial score (nSPS) is 13.7. The van der Waals surface area contributed by atoms with Gasteiger partial charge in [-0.1, -0.05) is 18.2 Å². The van der Waals surface area contributed by atoms with E-state index in [1.165, 1.54) is 0 Å². The molecular formula is C17H16N2O2. The molecule has 1 aliphatic rings. The molecule has 0 spiro atoms. The van der Waals surface area contributed by atoms with Crippen LogP contribution >= 0.6 is 0 Å². The standard InChI is InChI=1S/C17H16N2O2/c1-11-5-6-12(2)15-14(11)16(20)17(21)19(15)9-7-13-4-3-8-18-10-13/h3-6,8,10H,7,9H2,1-2H3. The van der Waals surface area contributed by atoms with Crippen molar-refractivity contribution in [1.82, 2.24) is 4.98 Å². The van der Waals surface area contributed by atoms with Crippen LogP contribution in [0.3, 0.4) is 0 Å². The Morgan fingerprint density at radius 2 is 1.86 bits per heavy atom. The van der Waals surface area contributed by atoms with Crippen molar-refractivity contribution in [3.63, 3.8) is 0 Å². The average molecular weight is 280 g/mol. The quantitative estimate of drug-likeness (QED) is 0.812. The smallest absolute Gasteiger partial charge is 0.299 e. The summed E-state index contributed by atoms with van der Waals surface area (Å²) >= 11 is 0. The summed E-state index contributed by atoms with van der Waals surface area (Å²) in [7, 11) is 0. The van der Waals surface area contributed by atoms with Crippen LogP contribution in [0.15, 0.2) is 36.7 Å². The van der Waals surface area contributed by atoms with E-state index in [0.29, 0.717) is 18.5 Å². The van der Waals surface area contributed by atoms with Crippen molar-refractivity contribution in [2.75, 3.05) is 11.4 Å². The molecule has 0 unspecified atom stereocenters. The number of carbonyl (C=O) groups excluding carboxylic acids is 2. The highest BCUT2D eigenvalue weighted by Gasteiger charge is 2.37. The number of nitrogens with zero attached hydrogens (tertiary/aromatic N) is 2. The number of anilines is 1. The molecule has 0 radical (unpaired) electrons. The Kier molecular flexibility index (Phi) is 3.29. The molecule has 1 amide bonds. The third-order valence-corrected chi connectivity index (χ3v) is 3.87. The molecule has 3 rings (SSSR count). The van der Waals surface area contributed by atoms with E-state index < -0.39 is 11.7 Å². The van der Waals surface area contributed by atoms with Crippen LogP contribution in [0.5, 0.6) is 0 Å². The van der Waals surface area contributed by atoms with Crippen LogP contribution in [0.25, 0.3) is 0 Å². The number of aryl methyl sites for hydroxylation is 2. The zero-order chi connectivity index (χ0) is 15.0. The lowest BCUT2D eigenvalue weighted by Crippen LogP contribution is -2.32. The van der Waals surface area contributed by atoms with Crippen molar-refractivity contribution in [3.05, 3.63) is 58.9 Å². The van der Waals surface area contributed by atoms with Crippen molar-refractivity contribution in [2.24, 2.45) is 0 Å². The predicted octanol–water partition coefficient (Wildman–Crippen LogP) is 2.47. The fourth-order valence-corrected chi connectivity index (χ4v) is 2.76. The SMILES string of the molecule is Cc1ccc(C)c2c1C(=O)C(=O)N2CCc1cccnc1. The molecule has 1 aromatic carbocycles. The molecule has 1 aliphatic heterocycles. The van der Waals surface area contributed by atoms with Crippen LogP contribution in [0.1, 0.15) is 27.0 Å². The first kappa shape index (κ1) is 13.5. The van der Waals surface area contributed by atoms with Gasteiger partial charge in [-0.15, -0.1) is 0 Å². The van der Waals surface area contributed by atoms with E-state index in [1.54, 1.807) is 17.3 Å². The molecule has 1 aromatic heterocycles. The first-order chi connectivity index (χ1) is 10.1. The summed E-state index contributed by atoms with van der Waals surface area (Å²) in [4.78, 5) is 30.1. The van der Waals surface area contributed by atoms with Crippen molar-refractivity contribution < 1.29 is 9.59 Å². The van der Waals surface area contributed by atoms with Crippen LogP contribution < -0.4 is 4.90 Å². The first-order valence-corrected chi connectivity index (χ1v) is 6.95. The summed E-state index contributed by atoms with van der Waals surface area (Å²) in [6.07, 6.45) is 4.18. The molecule has 0 saturated carbocycles. The number of amides is 1. The number of aromatic nitrogens is 1. The van der Waals surface area contributed by atoms with E-state index in [4.69, 9.17) is 0 Å². The van der Waals surface area contributed by atoms with E-state index in [-0.39, 0.29) is 0 Å². The number of hydrogen-bond acceptors (Lipinski definition) is 3. The maximum atomic E-state index is 12.2. The second-order valence-corrected chi connectivity index (χ2v) is 5.32. The molecule has 21 heavy (non-hydrogen) atoms. The third-order valence-electron chi connectivity index (χ3n) is 3.87. The lowest BCUT2D eigenvalue weighted by Gasteiger charge is -2.18. The highest BCUT2D eigenvalue weighted by atomic mass is 16.2. The van der Waals surface area contributed by atoms with Gasteiger partial charge in [0.1, 0.15) is 0 Å². The molecule has 0 N–H and O–H groups in total. The van der Waals surface area contributed by atoms with E-state index in [2.05, 4.69) is 4.98 Å². The fourth-order valence-electron chi connectivity index (χ4n) is 2.76. The third kappa shape index (κ3) is 2.23. The largest absolute Gasteiger partial charge is 0.304 e. The molecule has 0 fully saturated rings. The Balaban J connectivity index is 1.93. The predicted molar refractivity (Wildman–Crippen MR) is 80.5 cm³/mol. The van der Waals surface area contributed by atoms with Crippen LogP contribution in [-0.4, -0.2) is 23.2 Å². The molecule has 106 valence electrons. The van der Waals surface area contributed by atoms with Gasteiger partial charge in [0.05, 0.1) is 11.3 Å². The Morgan fingerprint density at radius 1 is 1.10 bits per heavy atom. The summed E-state index contributed by atoms with van der Waals surface area (Å²) in [5.74, 6) is -0.816. The second kappa shape index (κ2) is 5.13. The maximum Gasteiger partial charge on any atom is 0.299 e. The zero-order valence-electron chi connectivity index (χ0n) is 12.1. The summed E-state index contributed by atoms with van der Waals surface area (Å²) in [5, 5.41) is 0. The first-order valence-electron chi connectivity index (χ1n) is 6.95. The fraction of sp³-hybridized carbons (Fsp3) is 0.235. The summed E-state index contributed by atoms with van der Waals surface area (Å²) in [6, 6.07) is 7.69. The van der Waals surface area contributed by atoms with E-state index >= 15 is 0 Å². The molecule has 2 heterocycles. The number of rotatable bonds is 3. The van der Waals surface area contributed by atoms with Crippen molar-refractivity contribution >= 4 is 17.4 Å². The van der Waals surface area contributed by atoms with Gasteiger partial charge < -0.3 is 4.90 Å². The second-order valence-electron chi connectivity index (χ2n) is 5.32. The van der Waals surface area contributed by atoms with Gasteiger partial charge in [0.25, 0.3) is 11.7 Å². The summed E-state index contributed by atoms with van der Waals surface area (Å²) in [6.45, 7) is 4.29. The minimum Gasteiger partial charge on any atom is -0.304 e. The van der Waals surface area contributed by atoms with E-state index in [1.807, 2.05) is 38.1 Å². The maximum absolute atomic E-state index is 12.2. The molecule has 2 aromatic rings. The minimum atomic E-state index is -0.425. The Labute approximate surface area is 123 Å². The molecular weight excluding hydrogens is 264 g/mol. The summed E-state index contributed by atoms with van der Waals surface area (Å²) < 4.78 is 0. The number of fused-ring (bicyclic) bond motifs is 1. The number of benzene rings is 1. The number of pyridine rings is 1. The average Bonchev–Trinajstić information content (AvgIpc) is 2.75. The molecule has 4 heteroatoms. The van der Waals surface area contributed by atoms with Crippen LogP contribution in [0, 0.1) is 13.8 Å². The van der Waals surface area contributed by atoms with Crippen LogP contribution in [-0.2, 0) is 11.2 Å². The van der Waals surface area contributed by atoms with Gasteiger partial charge in [-0.05, 0) is 43.0 Å². The van der Waals surface area contributed by atoms with Crippen molar-refractivity contribution in [1.29, 1.82) is 0 Å². The Hall–Kier alpha value is -2.49. The van der Waals surface area contributed by atoms with Gasteiger partial charge in [0, 0.05) is 18.9 Å². The van der Waals surface area contributed by atoms with Gasteiger partial charge in [-0.25, -0.2) is 0 Å². The zero-order valence-corrected chi connectivity index (χ0v) is 12.1. The van der Waals surface area contributed by atoms with E-state index in [0.717, 1.165) is 22.4 Å². The minimum absolute atomic E-state index is 0.391. The number of hydrogen-bond donors (Lipinski definition) is 0.